The van der Waals surface area contributed by atoms with Gasteiger partial charge in [0.15, 0.2) is 0 Å². The number of carbonyl (C=O) groups excluding carboxylic acids is 2. The molecular formula is C21H25N3O3S. The highest BCUT2D eigenvalue weighted by molar-refractivity contribution is 7.10. The Morgan fingerprint density at radius 3 is 3.07 bits per heavy atom. The number of nitrogens with zero attached hydrogens (tertiary/aromatic N) is 3. The number of carbonyl (C=O) groups is 2. The quantitative estimate of drug-likeness (QED) is 0.749. The van der Waals surface area contributed by atoms with Crippen molar-refractivity contribution in [3.05, 3.63) is 52.0 Å². The van der Waals surface area contributed by atoms with Gasteiger partial charge in [-0.25, -0.2) is 0 Å². The van der Waals surface area contributed by atoms with Crippen LogP contribution in [0.1, 0.15) is 40.1 Å². The fourth-order valence-corrected chi connectivity index (χ4v) is 4.75. The van der Waals surface area contributed by atoms with Crippen LogP contribution in [0.15, 0.2) is 36.0 Å². The van der Waals surface area contributed by atoms with Crippen molar-refractivity contribution in [2.45, 2.75) is 38.3 Å². The van der Waals surface area contributed by atoms with Crippen LogP contribution in [-0.2, 0) is 22.5 Å². The maximum atomic E-state index is 13.2. The summed E-state index contributed by atoms with van der Waals surface area (Å²) in [5, 5.41) is 1.96. The average molecular weight is 400 g/mol. The van der Waals surface area contributed by atoms with Gasteiger partial charge in [0.1, 0.15) is 6.54 Å². The normalized spacial score (nSPS) is 19.4. The van der Waals surface area contributed by atoms with Crippen LogP contribution in [0.2, 0.25) is 0 Å². The van der Waals surface area contributed by atoms with E-state index >= 15 is 0 Å². The van der Waals surface area contributed by atoms with E-state index in [1.54, 1.807) is 28.6 Å². The number of rotatable bonds is 6. The fraction of sp³-hybridized carbons (Fsp3) is 0.476. The Morgan fingerprint density at radius 1 is 1.36 bits per heavy atom. The predicted octanol–water partition coefficient (Wildman–Crippen LogP) is 2.74. The van der Waals surface area contributed by atoms with Gasteiger partial charge < -0.3 is 14.5 Å². The molecule has 0 unspecified atom stereocenters. The molecule has 1 saturated heterocycles. The summed E-state index contributed by atoms with van der Waals surface area (Å²) in [6.45, 7) is 2.52. The van der Waals surface area contributed by atoms with E-state index in [2.05, 4.69) is 4.98 Å². The topological polar surface area (TPSA) is 62.7 Å². The number of hydrogen-bond donors (Lipinski definition) is 0. The largest absolute Gasteiger partial charge is 0.376 e. The molecule has 0 bridgehead atoms. The summed E-state index contributed by atoms with van der Waals surface area (Å²) in [4.78, 5) is 34.9. The van der Waals surface area contributed by atoms with Crippen LogP contribution < -0.4 is 0 Å². The van der Waals surface area contributed by atoms with Crippen LogP contribution in [0.25, 0.3) is 0 Å². The van der Waals surface area contributed by atoms with Gasteiger partial charge in [-0.3, -0.25) is 14.6 Å². The molecule has 0 radical (unpaired) electrons. The molecule has 2 aromatic rings. The highest BCUT2D eigenvalue weighted by atomic mass is 32.1. The van der Waals surface area contributed by atoms with E-state index < -0.39 is 0 Å². The number of thiophene rings is 1. The van der Waals surface area contributed by atoms with Crippen molar-refractivity contribution < 1.29 is 14.3 Å². The van der Waals surface area contributed by atoms with Crippen molar-refractivity contribution >= 4 is 23.2 Å². The molecule has 28 heavy (non-hydrogen) atoms. The molecule has 1 atom stereocenters. The van der Waals surface area contributed by atoms with Crippen molar-refractivity contribution in [3.63, 3.8) is 0 Å². The first-order valence-corrected chi connectivity index (χ1v) is 10.7. The minimum Gasteiger partial charge on any atom is -0.376 e. The zero-order valence-corrected chi connectivity index (χ0v) is 16.7. The van der Waals surface area contributed by atoms with Crippen LogP contribution in [0.4, 0.5) is 0 Å². The first-order valence-electron chi connectivity index (χ1n) is 9.84. The molecule has 148 valence electrons. The van der Waals surface area contributed by atoms with Crippen LogP contribution >= 0.6 is 11.3 Å². The Morgan fingerprint density at radius 2 is 2.29 bits per heavy atom. The Kier molecular flexibility index (Phi) is 6.02. The molecule has 2 aromatic heterocycles. The number of hydrogen-bond acceptors (Lipinski definition) is 5. The number of aryl methyl sites for hydroxylation is 1. The number of pyridine rings is 1. The molecular weight excluding hydrogens is 374 g/mol. The monoisotopic (exact) mass is 399 g/mol. The molecule has 7 heteroatoms. The highest BCUT2D eigenvalue weighted by Gasteiger charge is 2.28. The zero-order valence-electron chi connectivity index (χ0n) is 15.9. The third-order valence-corrected chi connectivity index (χ3v) is 6.30. The van der Waals surface area contributed by atoms with Crippen molar-refractivity contribution in [2.24, 2.45) is 0 Å². The summed E-state index contributed by atoms with van der Waals surface area (Å²) in [6, 6.07) is 5.73. The second-order valence-electron chi connectivity index (χ2n) is 7.36. The summed E-state index contributed by atoms with van der Waals surface area (Å²) < 4.78 is 5.75. The SMILES string of the molecule is O=C(CN1CCCc2sccc2C1=O)N(Cc1cccnc1)C[C@@H]1CCCO1. The Bertz CT molecular complexity index is 817. The van der Waals surface area contributed by atoms with Crippen LogP contribution in [0.3, 0.4) is 0 Å². The van der Waals surface area contributed by atoms with E-state index in [-0.39, 0.29) is 24.5 Å². The van der Waals surface area contributed by atoms with Crippen molar-refractivity contribution in [1.29, 1.82) is 0 Å². The molecule has 4 heterocycles. The van der Waals surface area contributed by atoms with Gasteiger partial charge in [-0.15, -0.1) is 11.3 Å². The van der Waals surface area contributed by atoms with Gasteiger partial charge in [-0.2, -0.15) is 0 Å². The summed E-state index contributed by atoms with van der Waals surface area (Å²) in [6.07, 6.45) is 7.38. The Balaban J connectivity index is 1.47. The van der Waals surface area contributed by atoms with Gasteiger partial charge in [0.25, 0.3) is 5.91 Å². The standard InChI is InChI=1S/C21H25N3O3S/c25-20(15-23-9-2-6-19-18(21(23)26)7-11-28-19)24(14-17-5-3-10-27-17)13-16-4-1-8-22-12-16/h1,4,7-8,11-12,17H,2-3,5-6,9-10,13-15H2/t17-/m0/s1. The maximum Gasteiger partial charge on any atom is 0.255 e. The molecule has 2 amide bonds. The lowest BCUT2D eigenvalue weighted by atomic mass is 10.2. The molecule has 0 aliphatic carbocycles. The van der Waals surface area contributed by atoms with E-state index in [0.717, 1.165) is 48.3 Å². The van der Waals surface area contributed by atoms with E-state index in [4.69, 9.17) is 4.74 Å². The molecule has 0 saturated carbocycles. The molecule has 0 N–H and O–H groups in total. The lowest BCUT2D eigenvalue weighted by Crippen LogP contribution is -2.45. The average Bonchev–Trinajstić information content (AvgIpc) is 3.36. The van der Waals surface area contributed by atoms with Crippen LogP contribution in [0.5, 0.6) is 0 Å². The number of aromatic nitrogens is 1. The van der Waals surface area contributed by atoms with Gasteiger partial charge in [0, 0.05) is 43.5 Å². The van der Waals surface area contributed by atoms with Crippen molar-refractivity contribution in [1.82, 2.24) is 14.8 Å². The summed E-state index contributed by atoms with van der Waals surface area (Å²) in [7, 11) is 0. The molecule has 0 aromatic carbocycles. The van der Waals surface area contributed by atoms with Crippen molar-refractivity contribution in [2.75, 3.05) is 26.2 Å². The van der Waals surface area contributed by atoms with Crippen LogP contribution in [0, 0.1) is 0 Å². The minimum absolute atomic E-state index is 0.0273. The summed E-state index contributed by atoms with van der Waals surface area (Å²) in [5.74, 6) is -0.0630. The molecule has 0 spiro atoms. The zero-order chi connectivity index (χ0) is 19.3. The molecule has 6 nitrogen and oxygen atoms in total. The van der Waals surface area contributed by atoms with E-state index in [1.165, 1.54) is 0 Å². The van der Waals surface area contributed by atoms with Gasteiger partial charge >= 0.3 is 0 Å². The van der Waals surface area contributed by atoms with E-state index in [9.17, 15) is 9.59 Å². The molecule has 2 aliphatic rings. The Hall–Kier alpha value is -2.25. The second kappa shape index (κ2) is 8.84. The summed E-state index contributed by atoms with van der Waals surface area (Å²) in [5.41, 5.74) is 1.74. The third-order valence-electron chi connectivity index (χ3n) is 5.32. The first kappa shape index (κ1) is 19.1. The van der Waals surface area contributed by atoms with Crippen LogP contribution in [-0.4, -0.2) is 58.9 Å². The third kappa shape index (κ3) is 4.42. The number of amides is 2. The highest BCUT2D eigenvalue weighted by Crippen LogP contribution is 2.24. The number of fused-ring (bicyclic) bond motifs is 1. The smallest absolute Gasteiger partial charge is 0.255 e. The Labute approximate surface area is 169 Å². The van der Waals surface area contributed by atoms with Crippen molar-refractivity contribution in [3.8, 4) is 0 Å². The first-order chi connectivity index (χ1) is 13.7. The second-order valence-corrected chi connectivity index (χ2v) is 8.36. The van der Waals surface area contributed by atoms with Gasteiger partial charge in [0.2, 0.25) is 5.91 Å². The van der Waals surface area contributed by atoms with E-state index in [0.29, 0.717) is 19.6 Å². The predicted molar refractivity (Wildman–Crippen MR) is 107 cm³/mol. The lowest BCUT2D eigenvalue weighted by molar-refractivity contribution is -0.134. The molecule has 2 aliphatic heterocycles. The van der Waals surface area contributed by atoms with Gasteiger partial charge in [-0.1, -0.05) is 6.07 Å². The van der Waals surface area contributed by atoms with E-state index in [1.807, 2.05) is 28.5 Å². The molecule has 4 rings (SSSR count). The molecule has 1 fully saturated rings. The maximum absolute atomic E-state index is 13.2. The lowest BCUT2D eigenvalue weighted by Gasteiger charge is -2.28. The fourth-order valence-electron chi connectivity index (χ4n) is 3.84. The minimum atomic E-state index is -0.0358. The number of ether oxygens (including phenoxy) is 1. The summed E-state index contributed by atoms with van der Waals surface area (Å²) >= 11 is 1.63. The van der Waals surface area contributed by atoms with Gasteiger partial charge in [-0.05, 0) is 48.8 Å². The van der Waals surface area contributed by atoms with Gasteiger partial charge in [0.05, 0.1) is 11.7 Å².